The van der Waals surface area contributed by atoms with E-state index in [0.29, 0.717) is 18.3 Å². The van der Waals surface area contributed by atoms with Gasteiger partial charge in [-0.3, -0.25) is 4.79 Å². The first kappa shape index (κ1) is 13.0. The number of hydrogen-bond donors (Lipinski definition) is 2. The smallest absolute Gasteiger partial charge is 0.328 e. The number of nitrogens with one attached hydrogen (secondary N) is 2. The van der Waals surface area contributed by atoms with Crippen LogP contribution in [0.2, 0.25) is 0 Å². The molecule has 0 aliphatic heterocycles. The lowest BCUT2D eigenvalue weighted by atomic mass is 10.1. The lowest BCUT2D eigenvalue weighted by Gasteiger charge is -2.14. The Morgan fingerprint density at radius 1 is 1.71 bits per heavy atom. The third-order valence-corrected chi connectivity index (χ3v) is 2.16. The molecule has 0 saturated heterocycles. The van der Waals surface area contributed by atoms with E-state index in [-0.39, 0.29) is 0 Å². The second-order valence-electron chi connectivity index (χ2n) is 3.53. The molecule has 0 aliphatic carbocycles. The zero-order valence-corrected chi connectivity index (χ0v) is 9.77. The van der Waals surface area contributed by atoms with Gasteiger partial charge in [-0.1, -0.05) is 0 Å². The van der Waals surface area contributed by atoms with Gasteiger partial charge >= 0.3 is 5.97 Å². The molecule has 0 unspecified atom stereocenters. The maximum absolute atomic E-state index is 11.5. The van der Waals surface area contributed by atoms with Gasteiger partial charge in [-0.05, 0) is 6.92 Å². The molecule has 17 heavy (non-hydrogen) atoms. The highest BCUT2D eigenvalue weighted by Crippen LogP contribution is 2.01. The van der Waals surface area contributed by atoms with Crippen LogP contribution in [0.3, 0.4) is 0 Å². The number of esters is 1. The number of H-pyrrole nitrogens is 1. The van der Waals surface area contributed by atoms with Crippen molar-refractivity contribution in [1.82, 2.24) is 15.3 Å². The van der Waals surface area contributed by atoms with Crippen LogP contribution in [0.15, 0.2) is 24.3 Å². The van der Waals surface area contributed by atoms with E-state index >= 15 is 0 Å². The fourth-order valence-corrected chi connectivity index (χ4v) is 1.23. The number of hydrogen-bond acceptors (Lipinski definition) is 5. The summed E-state index contributed by atoms with van der Waals surface area (Å²) in [4.78, 5) is 28.7. The van der Waals surface area contributed by atoms with Crippen LogP contribution < -0.4 is 5.32 Å². The molecule has 0 aromatic carbocycles. The zero-order chi connectivity index (χ0) is 12.7. The molecule has 0 bridgehead atoms. The van der Waals surface area contributed by atoms with E-state index in [0.717, 1.165) is 5.69 Å². The number of methoxy groups -OCH3 is 1. The zero-order valence-electron chi connectivity index (χ0n) is 9.77. The van der Waals surface area contributed by atoms with Crippen molar-refractivity contribution in [3.63, 3.8) is 0 Å². The Bertz CT molecular complexity index is 398. The first-order chi connectivity index (χ1) is 8.17. The number of carbonyl (C=O) groups excluding carboxylic acids is 2. The Hall–Kier alpha value is -2.11. The van der Waals surface area contributed by atoms with Gasteiger partial charge in [0.1, 0.15) is 12.3 Å². The summed E-state index contributed by atoms with van der Waals surface area (Å²) >= 11 is 0. The molecule has 1 atom stereocenters. The van der Waals surface area contributed by atoms with Gasteiger partial charge in [0.05, 0.1) is 13.4 Å². The molecule has 1 aromatic rings. The van der Waals surface area contributed by atoms with E-state index in [1.807, 2.05) is 0 Å². The van der Waals surface area contributed by atoms with Crippen LogP contribution in [-0.4, -0.2) is 35.4 Å². The molecule has 2 N–H and O–H groups in total. The van der Waals surface area contributed by atoms with Gasteiger partial charge in [0, 0.05) is 30.1 Å². The number of allylic oxidation sites excluding steroid dienone is 1. The average Bonchev–Trinajstić information content (AvgIpc) is 2.85. The van der Waals surface area contributed by atoms with Crippen LogP contribution in [0.4, 0.5) is 0 Å². The summed E-state index contributed by atoms with van der Waals surface area (Å²) in [6.07, 6.45) is 5.78. The topological polar surface area (TPSA) is 84.1 Å². The van der Waals surface area contributed by atoms with E-state index in [4.69, 9.17) is 0 Å². The maximum Gasteiger partial charge on any atom is 0.328 e. The summed E-state index contributed by atoms with van der Waals surface area (Å²) in [6.45, 7) is 1.64. The number of aldehydes is 1. The number of nitrogens with zero attached hydrogens (tertiary/aromatic N) is 1. The SMILES string of the molecule is COC(=O)[C@H](Cc1cnc[nH]1)NC=C(C)C=O. The molecule has 1 rings (SSSR count). The summed E-state index contributed by atoms with van der Waals surface area (Å²) in [5.74, 6) is -0.394. The van der Waals surface area contributed by atoms with Crippen LogP contribution in [0.5, 0.6) is 0 Å². The van der Waals surface area contributed by atoms with Crippen molar-refractivity contribution in [2.24, 2.45) is 0 Å². The quantitative estimate of drug-likeness (QED) is 0.419. The van der Waals surface area contributed by atoms with Gasteiger partial charge in [0.2, 0.25) is 0 Å². The Morgan fingerprint density at radius 2 is 2.47 bits per heavy atom. The van der Waals surface area contributed by atoms with Gasteiger partial charge in [0.25, 0.3) is 0 Å². The van der Waals surface area contributed by atoms with Crippen LogP contribution in [0, 0.1) is 0 Å². The molecular formula is C11H15N3O3. The number of carbonyl (C=O) groups is 2. The Balaban J connectivity index is 2.67. The normalized spacial score (nSPS) is 12.9. The van der Waals surface area contributed by atoms with Crippen LogP contribution >= 0.6 is 0 Å². The minimum Gasteiger partial charge on any atom is -0.467 e. The highest BCUT2D eigenvalue weighted by atomic mass is 16.5. The van der Waals surface area contributed by atoms with Crippen molar-refractivity contribution in [2.75, 3.05) is 7.11 Å². The molecule has 92 valence electrons. The summed E-state index contributed by atoms with van der Waals surface area (Å²) in [5.41, 5.74) is 1.31. The van der Waals surface area contributed by atoms with Crippen LogP contribution in [-0.2, 0) is 20.7 Å². The largest absolute Gasteiger partial charge is 0.467 e. The van der Waals surface area contributed by atoms with Crippen LogP contribution in [0.1, 0.15) is 12.6 Å². The summed E-state index contributed by atoms with van der Waals surface area (Å²) in [7, 11) is 1.32. The molecule has 0 aliphatic rings. The Morgan fingerprint density at radius 3 is 3.00 bits per heavy atom. The van der Waals surface area contributed by atoms with Crippen molar-refractivity contribution >= 4 is 12.3 Å². The van der Waals surface area contributed by atoms with Crippen molar-refractivity contribution in [1.29, 1.82) is 0 Å². The number of aromatic nitrogens is 2. The highest BCUT2D eigenvalue weighted by molar-refractivity contribution is 5.77. The van der Waals surface area contributed by atoms with Gasteiger partial charge < -0.3 is 15.0 Å². The minimum absolute atomic E-state index is 0.394. The summed E-state index contributed by atoms with van der Waals surface area (Å²) in [5, 5.41) is 2.84. The average molecular weight is 237 g/mol. The van der Waals surface area contributed by atoms with Crippen molar-refractivity contribution in [2.45, 2.75) is 19.4 Å². The summed E-state index contributed by atoms with van der Waals surface area (Å²) < 4.78 is 4.67. The second-order valence-corrected chi connectivity index (χ2v) is 3.53. The monoisotopic (exact) mass is 237 g/mol. The van der Waals surface area contributed by atoms with Crippen molar-refractivity contribution in [3.8, 4) is 0 Å². The van der Waals surface area contributed by atoms with Crippen molar-refractivity contribution < 1.29 is 14.3 Å². The van der Waals surface area contributed by atoms with E-state index in [1.54, 1.807) is 13.1 Å². The van der Waals surface area contributed by atoms with Gasteiger partial charge in [-0.15, -0.1) is 0 Å². The van der Waals surface area contributed by atoms with Crippen molar-refractivity contribution in [3.05, 3.63) is 30.0 Å². The maximum atomic E-state index is 11.5. The number of aromatic amines is 1. The summed E-state index contributed by atoms with van der Waals surface area (Å²) in [6, 6.07) is -0.546. The number of rotatable bonds is 6. The number of imidazole rings is 1. The lowest BCUT2D eigenvalue weighted by Crippen LogP contribution is -2.36. The number of ether oxygens (including phenoxy) is 1. The molecule has 6 nitrogen and oxygen atoms in total. The fourth-order valence-electron chi connectivity index (χ4n) is 1.23. The van der Waals surface area contributed by atoms with E-state index in [1.165, 1.54) is 19.6 Å². The van der Waals surface area contributed by atoms with Gasteiger partial charge in [-0.2, -0.15) is 0 Å². The highest BCUT2D eigenvalue weighted by Gasteiger charge is 2.18. The molecule has 0 radical (unpaired) electrons. The van der Waals surface area contributed by atoms with Gasteiger partial charge in [-0.25, -0.2) is 9.78 Å². The molecule has 0 saturated carbocycles. The molecule has 6 heteroatoms. The van der Waals surface area contributed by atoms with E-state index in [9.17, 15) is 9.59 Å². The Kier molecular flexibility index (Phi) is 4.93. The third-order valence-electron chi connectivity index (χ3n) is 2.16. The predicted molar refractivity (Wildman–Crippen MR) is 61.1 cm³/mol. The van der Waals surface area contributed by atoms with Crippen LogP contribution in [0.25, 0.3) is 0 Å². The predicted octanol–water partition coefficient (Wildman–Crippen LogP) is 0.186. The second kappa shape index (κ2) is 6.47. The molecule has 0 amide bonds. The third kappa shape index (κ3) is 4.10. The molecule has 0 spiro atoms. The fraction of sp³-hybridized carbons (Fsp3) is 0.364. The first-order valence-corrected chi connectivity index (χ1v) is 5.10. The Labute approximate surface area is 99.1 Å². The molecular weight excluding hydrogens is 222 g/mol. The lowest BCUT2D eigenvalue weighted by molar-refractivity contribution is -0.142. The first-order valence-electron chi connectivity index (χ1n) is 5.10. The van der Waals surface area contributed by atoms with E-state index in [2.05, 4.69) is 20.0 Å². The molecule has 0 fully saturated rings. The van der Waals surface area contributed by atoms with Gasteiger partial charge in [0.15, 0.2) is 0 Å². The minimum atomic E-state index is -0.546. The molecule has 1 heterocycles. The van der Waals surface area contributed by atoms with E-state index < -0.39 is 12.0 Å². The molecule has 1 aromatic heterocycles. The standard InChI is InChI=1S/C11H15N3O3/c1-8(6-15)4-13-10(11(16)17-2)3-9-5-12-7-14-9/h4-7,10,13H,3H2,1-2H3,(H,12,14)/t10-/m0/s1.